The lowest BCUT2D eigenvalue weighted by molar-refractivity contribution is 0.102. The predicted octanol–water partition coefficient (Wildman–Crippen LogP) is 6.30. The fraction of sp³-hybridized carbons (Fsp3) is 0.0435. The number of nitrogens with zero attached hydrogens (tertiary/aromatic N) is 1. The van der Waals surface area contributed by atoms with Crippen LogP contribution in [-0.4, -0.2) is 10.9 Å². The van der Waals surface area contributed by atoms with E-state index in [1.54, 1.807) is 35.6 Å². The Bertz CT molecular complexity index is 1160. The maximum atomic E-state index is 13.0. The Morgan fingerprint density at radius 3 is 2.55 bits per heavy atom. The summed E-state index contributed by atoms with van der Waals surface area (Å²) in [6, 6.07) is 20.1. The molecule has 4 aromatic rings. The van der Waals surface area contributed by atoms with Gasteiger partial charge in [0.15, 0.2) is 0 Å². The highest BCUT2D eigenvalue weighted by Crippen LogP contribution is 2.25. The molecule has 1 amide bonds. The molecule has 4 rings (SSSR count). The quantitative estimate of drug-likeness (QED) is 0.424. The van der Waals surface area contributed by atoms with Gasteiger partial charge in [0.1, 0.15) is 17.3 Å². The summed E-state index contributed by atoms with van der Waals surface area (Å²) in [5.41, 5.74) is 2.97. The maximum Gasteiger partial charge on any atom is 0.255 e. The van der Waals surface area contributed by atoms with Crippen molar-refractivity contribution >= 4 is 22.9 Å². The maximum absolute atomic E-state index is 13.0. The zero-order chi connectivity index (χ0) is 20.2. The van der Waals surface area contributed by atoms with Gasteiger partial charge >= 0.3 is 0 Å². The molecule has 0 aliphatic rings. The second-order valence-corrected chi connectivity index (χ2v) is 7.43. The van der Waals surface area contributed by atoms with Gasteiger partial charge in [-0.25, -0.2) is 9.37 Å². The summed E-state index contributed by atoms with van der Waals surface area (Å²) in [7, 11) is 0. The topological polar surface area (TPSA) is 51.2 Å². The van der Waals surface area contributed by atoms with Crippen LogP contribution in [0.15, 0.2) is 78.2 Å². The number of halogens is 1. The average molecular weight is 404 g/mol. The highest BCUT2D eigenvalue weighted by molar-refractivity contribution is 7.09. The molecule has 29 heavy (non-hydrogen) atoms. The van der Waals surface area contributed by atoms with Gasteiger partial charge in [-0.3, -0.25) is 4.79 Å². The molecule has 1 N–H and O–H groups in total. The minimum atomic E-state index is -0.333. The number of thiazole rings is 1. The summed E-state index contributed by atoms with van der Waals surface area (Å²) in [5, 5.41) is 5.89. The monoisotopic (exact) mass is 404 g/mol. The summed E-state index contributed by atoms with van der Waals surface area (Å²) in [4.78, 5) is 17.2. The molecule has 3 aromatic carbocycles. The van der Waals surface area contributed by atoms with Crippen LogP contribution in [0.3, 0.4) is 0 Å². The van der Waals surface area contributed by atoms with Gasteiger partial charge in [0.05, 0.1) is 10.7 Å². The van der Waals surface area contributed by atoms with E-state index in [2.05, 4.69) is 10.3 Å². The van der Waals surface area contributed by atoms with Crippen molar-refractivity contribution in [1.82, 2.24) is 4.98 Å². The fourth-order valence-corrected chi connectivity index (χ4v) is 3.42. The third kappa shape index (κ3) is 4.67. The molecule has 0 saturated carbocycles. The number of aromatic nitrogens is 1. The first-order valence-electron chi connectivity index (χ1n) is 8.94. The summed E-state index contributed by atoms with van der Waals surface area (Å²) >= 11 is 1.59. The van der Waals surface area contributed by atoms with E-state index in [9.17, 15) is 9.18 Å². The van der Waals surface area contributed by atoms with Crippen molar-refractivity contribution < 1.29 is 13.9 Å². The van der Waals surface area contributed by atoms with Crippen molar-refractivity contribution in [3.63, 3.8) is 0 Å². The number of ether oxygens (including phenoxy) is 1. The van der Waals surface area contributed by atoms with Crippen LogP contribution in [0.4, 0.5) is 10.1 Å². The first-order valence-corrected chi connectivity index (χ1v) is 9.82. The van der Waals surface area contributed by atoms with Gasteiger partial charge in [-0.15, -0.1) is 11.3 Å². The molecule has 6 heteroatoms. The van der Waals surface area contributed by atoms with Crippen LogP contribution >= 0.6 is 11.3 Å². The lowest BCUT2D eigenvalue weighted by Gasteiger charge is -2.09. The van der Waals surface area contributed by atoms with Gasteiger partial charge in [-0.05, 0) is 61.5 Å². The van der Waals surface area contributed by atoms with Crippen molar-refractivity contribution in [1.29, 1.82) is 0 Å². The minimum Gasteiger partial charge on any atom is -0.457 e. The molecule has 144 valence electrons. The predicted molar refractivity (Wildman–Crippen MR) is 113 cm³/mol. The Morgan fingerprint density at radius 2 is 1.79 bits per heavy atom. The SMILES string of the molecule is Cc1nc(-c2cccc(NC(=O)c3cccc(Oc4ccc(F)cc4)c3)c2)cs1. The fourth-order valence-electron chi connectivity index (χ4n) is 2.80. The molecular formula is C23H17FN2O2S. The minimum absolute atomic E-state index is 0.249. The number of hydrogen-bond acceptors (Lipinski definition) is 4. The van der Waals surface area contributed by atoms with Crippen molar-refractivity contribution in [3.05, 3.63) is 94.6 Å². The molecule has 0 saturated heterocycles. The van der Waals surface area contributed by atoms with E-state index < -0.39 is 0 Å². The molecule has 0 radical (unpaired) electrons. The molecular weight excluding hydrogens is 387 g/mol. The Hall–Kier alpha value is -3.51. The number of aryl methyl sites for hydroxylation is 1. The number of nitrogens with one attached hydrogen (secondary N) is 1. The Balaban J connectivity index is 1.49. The molecule has 0 bridgehead atoms. The summed E-state index contributed by atoms with van der Waals surface area (Å²) in [6.07, 6.45) is 0. The van der Waals surface area contributed by atoms with Gasteiger partial charge in [-0.2, -0.15) is 0 Å². The van der Waals surface area contributed by atoms with Crippen molar-refractivity contribution in [2.45, 2.75) is 6.92 Å². The van der Waals surface area contributed by atoms with E-state index in [1.165, 1.54) is 24.3 Å². The van der Waals surface area contributed by atoms with Crippen molar-refractivity contribution in [3.8, 4) is 22.8 Å². The number of carbonyl (C=O) groups excluding carboxylic acids is 1. The summed E-state index contributed by atoms with van der Waals surface area (Å²) < 4.78 is 18.7. The average Bonchev–Trinajstić information content (AvgIpc) is 3.17. The van der Waals surface area contributed by atoms with E-state index in [4.69, 9.17) is 4.74 Å². The number of anilines is 1. The van der Waals surface area contributed by atoms with Gasteiger partial charge in [0, 0.05) is 22.2 Å². The van der Waals surface area contributed by atoms with Gasteiger partial charge in [0.25, 0.3) is 5.91 Å². The van der Waals surface area contributed by atoms with Crippen LogP contribution in [0, 0.1) is 12.7 Å². The molecule has 0 unspecified atom stereocenters. The number of carbonyl (C=O) groups is 1. The van der Waals surface area contributed by atoms with Crippen LogP contribution in [0.25, 0.3) is 11.3 Å². The normalized spacial score (nSPS) is 10.6. The van der Waals surface area contributed by atoms with E-state index in [0.717, 1.165) is 16.3 Å². The van der Waals surface area contributed by atoms with Gasteiger partial charge in [-0.1, -0.05) is 18.2 Å². The highest BCUT2D eigenvalue weighted by atomic mass is 32.1. The van der Waals surface area contributed by atoms with E-state index in [1.807, 2.05) is 36.6 Å². The molecule has 0 aliphatic carbocycles. The third-order valence-corrected chi connectivity index (χ3v) is 4.95. The van der Waals surface area contributed by atoms with Crippen LogP contribution < -0.4 is 10.1 Å². The molecule has 1 heterocycles. The number of benzene rings is 3. The standard InChI is InChI=1S/C23H17FN2O2S/c1-15-25-22(14-29-15)16-4-2-6-19(12-16)26-23(27)17-5-3-7-21(13-17)28-20-10-8-18(24)9-11-20/h2-14H,1H3,(H,26,27). The summed E-state index contributed by atoms with van der Waals surface area (Å²) in [6.45, 7) is 1.96. The first kappa shape index (κ1) is 18.8. The van der Waals surface area contributed by atoms with Crippen LogP contribution in [0.2, 0.25) is 0 Å². The Kier molecular flexibility index (Phi) is 5.35. The lowest BCUT2D eigenvalue weighted by atomic mass is 10.1. The van der Waals surface area contributed by atoms with Crippen LogP contribution in [-0.2, 0) is 0 Å². The van der Waals surface area contributed by atoms with E-state index in [0.29, 0.717) is 22.7 Å². The Morgan fingerprint density at radius 1 is 1.00 bits per heavy atom. The number of amides is 1. The smallest absolute Gasteiger partial charge is 0.255 e. The third-order valence-electron chi connectivity index (χ3n) is 4.18. The molecule has 0 atom stereocenters. The second-order valence-electron chi connectivity index (χ2n) is 6.37. The number of hydrogen-bond donors (Lipinski definition) is 1. The van der Waals surface area contributed by atoms with Crippen molar-refractivity contribution in [2.75, 3.05) is 5.32 Å². The molecule has 0 spiro atoms. The van der Waals surface area contributed by atoms with E-state index >= 15 is 0 Å². The summed E-state index contributed by atoms with van der Waals surface area (Å²) in [5.74, 6) is 0.410. The van der Waals surface area contributed by atoms with Crippen LogP contribution in [0.1, 0.15) is 15.4 Å². The zero-order valence-electron chi connectivity index (χ0n) is 15.6. The number of rotatable bonds is 5. The molecule has 4 nitrogen and oxygen atoms in total. The molecule has 0 fully saturated rings. The molecule has 0 aliphatic heterocycles. The van der Waals surface area contributed by atoms with Crippen molar-refractivity contribution in [2.24, 2.45) is 0 Å². The van der Waals surface area contributed by atoms with Gasteiger partial charge < -0.3 is 10.1 Å². The van der Waals surface area contributed by atoms with E-state index in [-0.39, 0.29) is 11.7 Å². The second kappa shape index (κ2) is 8.24. The molecule has 1 aromatic heterocycles. The zero-order valence-corrected chi connectivity index (χ0v) is 16.4. The largest absolute Gasteiger partial charge is 0.457 e. The Labute approximate surface area is 171 Å². The first-order chi connectivity index (χ1) is 14.1. The highest BCUT2D eigenvalue weighted by Gasteiger charge is 2.10. The lowest BCUT2D eigenvalue weighted by Crippen LogP contribution is -2.11. The van der Waals surface area contributed by atoms with Crippen LogP contribution in [0.5, 0.6) is 11.5 Å². The van der Waals surface area contributed by atoms with Gasteiger partial charge in [0.2, 0.25) is 0 Å².